The number of carbonyl (C=O) groups excluding carboxylic acids is 3. The van der Waals surface area contributed by atoms with Gasteiger partial charge in [0.15, 0.2) is 33.1 Å². The van der Waals surface area contributed by atoms with Crippen LogP contribution < -0.4 is 32.0 Å². The fourth-order valence-corrected chi connectivity index (χ4v) is 9.11. The zero-order chi connectivity index (χ0) is 66.9. The number of fused-ring (bicyclic) bond motifs is 3. The lowest BCUT2D eigenvalue weighted by atomic mass is 10.2. The van der Waals surface area contributed by atoms with Gasteiger partial charge >= 0.3 is 18.4 Å². The molecule has 3 heterocycles. The standard InChI is InChI=1S/C16H25N5O6S.C11H17N5O4S.C8H8ClN3O3S.C8H18N2O3.C2HF3O.CH4.BH2.ClH/c1-16(2,3)26-15(22)19-25-10-9-21(6)11-7-8-12(28(23,24)20(4)5)14-13(11)17-27-18-14;1-15(2)21(17,18)9-5-4-8(16(3)6-7-19-12)10-11(9)14-20-13-10;1-12(2)16(13,14)6-4-3-5(9)7-8(6)11-15-10-7;1-8(2,3)13-7(11)10-12-6-5-9-4;3-2(4,5)1-6;;;/h7-8H,9-10H2,1-6H3,(H,19,22);4-5H,6-7,12H2,1-3H3;3-4H,1-2H3;9H,5-6H2,1-4H3,(H,10,11);1H;1H4;1H2;1H/i;;;;;;1D2;. The molecule has 0 saturated heterocycles. The quantitative estimate of drug-likeness (QED) is 0.0387. The first-order valence-electron chi connectivity index (χ1n) is 25.3. The summed E-state index contributed by atoms with van der Waals surface area (Å²) < 4.78 is 143. The fourth-order valence-electron chi connectivity index (χ4n) is 5.89. The highest BCUT2D eigenvalue weighted by molar-refractivity contribution is 7.90. The third-order valence-electron chi connectivity index (χ3n) is 9.91. The molecule has 0 unspecified atom stereocenters. The van der Waals surface area contributed by atoms with Crippen molar-refractivity contribution in [3.63, 3.8) is 0 Å². The number of benzene rings is 3. The Labute approximate surface area is 517 Å². The van der Waals surface area contributed by atoms with Crippen LogP contribution in [0.25, 0.3) is 33.1 Å². The molecule has 1 radical (unpaired) electrons. The number of alkyl halides is 3. The number of likely N-dealkylation sites (N-methyl/N-ethyl adjacent to an activating group) is 3. The summed E-state index contributed by atoms with van der Waals surface area (Å²) in [5.41, 5.74) is 5.95. The fraction of sp³-hybridized carbons (Fsp3) is 0.543. The van der Waals surface area contributed by atoms with E-state index < -0.39 is 65.9 Å². The SMILES string of the molecule is C.CN(C)S(=O)(=O)c1ccc(Cl)c2nonc12.CN(CCON)c1ccc(S(=O)(=O)N(C)C)c2nonc12.CN(CCONC(=O)OC(C)(C)C)c1ccc(S(=O)(=O)N(C)C)c2nonc12.CNCCONC(=O)OC(C)(C)C.Cl.O=CC(F)(F)F.[2H][B][2H]. The number of anilines is 2. The summed E-state index contributed by atoms with van der Waals surface area (Å²) in [5.74, 6) is 5.00. The highest BCUT2D eigenvalue weighted by Gasteiger charge is 2.29. The van der Waals surface area contributed by atoms with E-state index in [-0.39, 0.29) is 63.2 Å². The second-order valence-corrected chi connectivity index (χ2v) is 26.1. The van der Waals surface area contributed by atoms with Gasteiger partial charge < -0.3 is 29.4 Å². The molecule has 6 aromatic rings. The van der Waals surface area contributed by atoms with Crippen LogP contribution in [0.4, 0.5) is 34.1 Å². The molecule has 0 aliphatic carbocycles. The lowest BCUT2D eigenvalue weighted by molar-refractivity contribution is -0.156. The van der Waals surface area contributed by atoms with E-state index in [0.29, 0.717) is 68.6 Å². The van der Waals surface area contributed by atoms with Crippen LogP contribution in [0.3, 0.4) is 0 Å². The number of hydrogen-bond donors (Lipinski definition) is 4. The van der Waals surface area contributed by atoms with Crippen LogP contribution >= 0.6 is 24.0 Å². The summed E-state index contributed by atoms with van der Waals surface area (Å²) in [4.78, 5) is 49.3. The first-order valence-corrected chi connectivity index (χ1v) is 28.8. The summed E-state index contributed by atoms with van der Waals surface area (Å²) in [7, 11) is 3.62. The van der Waals surface area contributed by atoms with E-state index in [4.69, 9.17) is 53.4 Å². The summed E-state index contributed by atoms with van der Waals surface area (Å²) in [6.07, 6.45) is -6.95. The Balaban J connectivity index is 0. The largest absolute Gasteiger partial charge is 0.446 e. The Hall–Kier alpha value is -6.37. The van der Waals surface area contributed by atoms with E-state index in [2.05, 4.69) is 56.7 Å². The van der Waals surface area contributed by atoms with Crippen LogP contribution in [0, 0.1) is 0 Å². The van der Waals surface area contributed by atoms with Crippen LogP contribution in [0.2, 0.25) is 5.02 Å². The summed E-state index contributed by atoms with van der Waals surface area (Å²) in [6.45, 7) is 13.1. The van der Waals surface area contributed by atoms with E-state index in [1.54, 1.807) is 72.7 Å². The summed E-state index contributed by atoms with van der Waals surface area (Å²) in [6, 6.07) is 9.03. The van der Waals surface area contributed by atoms with Gasteiger partial charge in [0, 0.05) is 76.0 Å². The van der Waals surface area contributed by atoms with E-state index >= 15 is 0 Å². The average molecular weight is 1350 g/mol. The van der Waals surface area contributed by atoms with Gasteiger partial charge in [-0.05, 0) is 119 Å². The predicted molar refractivity (Wildman–Crippen MR) is 319 cm³/mol. The molecular formula is C46H76BCl2F3N15O17S3. The molecule has 6 rings (SSSR count). The minimum absolute atomic E-state index is 0. The number of amides is 2. The smallest absolute Gasteiger partial charge is 0.442 e. The lowest BCUT2D eigenvalue weighted by Gasteiger charge is -2.21. The van der Waals surface area contributed by atoms with Gasteiger partial charge in [-0.3, -0.25) is 14.5 Å². The molecular weight excluding hydrogens is 1270 g/mol. The number of ether oxygens (including phenoxy) is 2. The molecule has 87 heavy (non-hydrogen) atoms. The average Bonchev–Trinajstić information content (AvgIpc) is 1.81. The number of hydroxylamine groups is 2. The minimum atomic E-state index is -4.64. The van der Waals surface area contributed by atoms with Crippen molar-refractivity contribution in [1.29, 1.82) is 2.67 Å². The number of nitrogens with one attached hydrogen (secondary N) is 3. The molecule has 0 aliphatic rings. The third kappa shape index (κ3) is 25.7. The Morgan fingerprint density at radius 1 is 0.621 bits per heavy atom. The van der Waals surface area contributed by atoms with Crippen LogP contribution in [0.1, 0.15) is 49.0 Å². The molecule has 0 atom stereocenters. The number of hydrogen-bond acceptors (Lipinski definition) is 27. The van der Waals surface area contributed by atoms with Crippen molar-refractivity contribution in [3.05, 3.63) is 41.4 Å². The van der Waals surface area contributed by atoms with Crippen molar-refractivity contribution in [3.8, 4) is 0 Å². The molecule has 32 nitrogen and oxygen atoms in total. The molecule has 3 aromatic carbocycles. The number of aldehydes is 1. The summed E-state index contributed by atoms with van der Waals surface area (Å²) in [5, 5.41) is 25.4. The molecule has 0 aliphatic heterocycles. The maximum atomic E-state index is 12.4. The van der Waals surface area contributed by atoms with Gasteiger partial charge in [0.2, 0.25) is 36.4 Å². The maximum Gasteiger partial charge on any atom is 0.446 e. The monoisotopic (exact) mass is 1350 g/mol. The second kappa shape index (κ2) is 36.2. The Kier molecular flexibility index (Phi) is 32.7. The zero-order valence-corrected chi connectivity index (χ0v) is 53.5. The molecule has 3 aromatic heterocycles. The molecule has 0 saturated carbocycles. The second-order valence-electron chi connectivity index (χ2n) is 19.3. The van der Waals surface area contributed by atoms with Gasteiger partial charge in [-0.1, -0.05) is 19.0 Å². The van der Waals surface area contributed by atoms with Gasteiger partial charge in [-0.2, -0.15) is 24.1 Å². The molecule has 493 valence electrons. The number of rotatable bonds is 19. The molecule has 0 fully saturated rings. The van der Waals surface area contributed by atoms with Gasteiger partial charge in [-0.15, -0.1) is 12.4 Å². The maximum absolute atomic E-state index is 12.4. The van der Waals surface area contributed by atoms with Crippen LogP contribution in [0.15, 0.2) is 65.0 Å². The van der Waals surface area contributed by atoms with E-state index in [9.17, 15) is 48.0 Å². The Bertz CT molecular complexity index is 3480. The Morgan fingerprint density at radius 3 is 1.25 bits per heavy atom. The number of halogens is 5. The van der Waals surface area contributed by atoms with E-state index in [1.165, 1.54) is 66.6 Å². The van der Waals surface area contributed by atoms with Crippen molar-refractivity contribution in [2.24, 2.45) is 5.90 Å². The topological polar surface area (TPSA) is 395 Å². The van der Waals surface area contributed by atoms with Crippen molar-refractivity contribution in [2.75, 3.05) is 113 Å². The minimum Gasteiger partial charge on any atom is -0.442 e. The van der Waals surface area contributed by atoms with E-state index in [1.807, 2.05) is 11.9 Å². The third-order valence-corrected chi connectivity index (χ3v) is 15.8. The van der Waals surface area contributed by atoms with Crippen LogP contribution in [0.5, 0.6) is 0 Å². The lowest BCUT2D eigenvalue weighted by Crippen LogP contribution is -2.34. The van der Waals surface area contributed by atoms with E-state index in [0.717, 1.165) is 12.9 Å². The highest BCUT2D eigenvalue weighted by atomic mass is 35.5. The van der Waals surface area contributed by atoms with Crippen LogP contribution in [-0.4, -0.2) is 219 Å². The van der Waals surface area contributed by atoms with Crippen molar-refractivity contribution in [1.82, 2.24) is 60.1 Å². The van der Waals surface area contributed by atoms with Gasteiger partial charge in [0.05, 0.1) is 44.6 Å². The number of sulfonamides is 3. The molecule has 41 heteroatoms. The highest BCUT2D eigenvalue weighted by Crippen LogP contribution is 2.32. The summed E-state index contributed by atoms with van der Waals surface area (Å²) >= 11 is 5.83. The first kappa shape index (κ1) is 78.6. The Morgan fingerprint density at radius 2 is 0.931 bits per heavy atom. The van der Waals surface area contributed by atoms with Crippen molar-refractivity contribution < 1.29 is 90.7 Å². The molecule has 0 bridgehead atoms. The van der Waals surface area contributed by atoms with Crippen molar-refractivity contribution in [2.45, 2.75) is 81.0 Å². The normalized spacial score (nSPS) is 11.9. The first-order chi connectivity index (χ1) is 40.2. The number of aromatic nitrogens is 6. The van der Waals surface area contributed by atoms with Crippen molar-refractivity contribution >= 4 is 125 Å². The molecule has 0 spiro atoms. The number of nitrogens with zero attached hydrogens (tertiary/aromatic N) is 11. The molecule has 5 N–H and O–H groups in total. The number of nitrogens with two attached hydrogens (primary N) is 1. The van der Waals surface area contributed by atoms with Crippen LogP contribution in [-0.2, 0) is 58.9 Å². The van der Waals surface area contributed by atoms with Gasteiger partial charge in [0.25, 0.3) is 0 Å². The zero-order valence-electron chi connectivity index (χ0n) is 51.4. The predicted octanol–water partition coefficient (Wildman–Crippen LogP) is 3.84. The number of carbonyl (C=O) groups is 3. The van der Waals surface area contributed by atoms with Gasteiger partial charge in [0.1, 0.15) is 25.9 Å². The molecule has 2 amide bonds. The van der Waals surface area contributed by atoms with Gasteiger partial charge in [-0.25, -0.2) is 67.5 Å².